The maximum atomic E-state index is 12.8. The highest BCUT2D eigenvalue weighted by molar-refractivity contribution is 7.92. The topological polar surface area (TPSA) is 153 Å². The summed E-state index contributed by atoms with van der Waals surface area (Å²) in [4.78, 5) is 33.8. The molecule has 0 bridgehead atoms. The summed E-state index contributed by atoms with van der Waals surface area (Å²) in [6.45, 7) is 4.34. The van der Waals surface area contributed by atoms with Crippen LogP contribution < -0.4 is 9.62 Å². The summed E-state index contributed by atoms with van der Waals surface area (Å²) in [5.41, 5.74) is 0.245. The van der Waals surface area contributed by atoms with Crippen molar-refractivity contribution < 1.29 is 23.1 Å². The van der Waals surface area contributed by atoms with E-state index in [0.29, 0.717) is 5.56 Å². The lowest BCUT2D eigenvalue weighted by Crippen LogP contribution is -2.45. The predicted octanol–water partition coefficient (Wildman–Crippen LogP) is 2.91. The molecular formula is C18H20N4O7S. The van der Waals surface area contributed by atoms with Crippen LogP contribution in [0.3, 0.4) is 0 Å². The number of hydrogen-bond donors (Lipinski definition) is 1. The summed E-state index contributed by atoms with van der Waals surface area (Å²) in [5, 5.41) is 24.7. The standard InChI is InChI=1S/C18H20N4O7S/c1-11-8-9-14(21(24)25)10-17(11)20(30(4,28)29)13(3)18(23)19-15-6-5-7-16(12(15)2)22(26)27/h5-10,13H,1-4H3,(H,19,23)/t13-/m0/s1. The van der Waals surface area contributed by atoms with Gasteiger partial charge in [-0.1, -0.05) is 12.1 Å². The van der Waals surface area contributed by atoms with Gasteiger partial charge in [-0.25, -0.2) is 8.42 Å². The van der Waals surface area contributed by atoms with Crippen LogP contribution in [-0.2, 0) is 14.8 Å². The average Bonchev–Trinajstić information content (AvgIpc) is 2.63. The summed E-state index contributed by atoms with van der Waals surface area (Å²) in [5.74, 6) is -0.755. The lowest BCUT2D eigenvalue weighted by atomic mass is 10.1. The molecule has 0 aliphatic carbocycles. The first kappa shape index (κ1) is 22.7. The van der Waals surface area contributed by atoms with Crippen LogP contribution in [0.1, 0.15) is 18.1 Å². The number of hydrogen-bond acceptors (Lipinski definition) is 7. The lowest BCUT2D eigenvalue weighted by molar-refractivity contribution is -0.385. The summed E-state index contributed by atoms with van der Waals surface area (Å²) in [6, 6.07) is 6.54. The highest BCUT2D eigenvalue weighted by atomic mass is 32.2. The third-order valence-electron chi connectivity index (χ3n) is 4.49. The van der Waals surface area contributed by atoms with Gasteiger partial charge < -0.3 is 5.32 Å². The Morgan fingerprint density at radius 2 is 1.73 bits per heavy atom. The highest BCUT2D eigenvalue weighted by Gasteiger charge is 2.31. The van der Waals surface area contributed by atoms with Gasteiger partial charge in [0.05, 0.1) is 33.0 Å². The van der Waals surface area contributed by atoms with Crippen LogP contribution in [0.2, 0.25) is 0 Å². The molecular weight excluding hydrogens is 416 g/mol. The van der Waals surface area contributed by atoms with Crippen LogP contribution in [0.4, 0.5) is 22.7 Å². The molecule has 0 heterocycles. The Morgan fingerprint density at radius 1 is 1.10 bits per heavy atom. The van der Waals surface area contributed by atoms with Gasteiger partial charge in [-0.3, -0.25) is 29.3 Å². The minimum Gasteiger partial charge on any atom is -0.324 e. The molecule has 0 spiro atoms. The largest absolute Gasteiger partial charge is 0.324 e. The number of nitro benzene ring substituents is 2. The highest BCUT2D eigenvalue weighted by Crippen LogP contribution is 2.30. The van der Waals surface area contributed by atoms with Crippen LogP contribution in [-0.4, -0.2) is 36.5 Å². The Kier molecular flexibility index (Phi) is 6.41. The van der Waals surface area contributed by atoms with E-state index >= 15 is 0 Å². The van der Waals surface area contributed by atoms with Gasteiger partial charge in [-0.05, 0) is 32.4 Å². The number of nitro groups is 2. The molecule has 1 amide bonds. The molecule has 160 valence electrons. The molecule has 0 saturated heterocycles. The first-order valence-electron chi connectivity index (χ1n) is 8.64. The molecule has 0 aliphatic rings. The second-order valence-electron chi connectivity index (χ2n) is 6.66. The van der Waals surface area contributed by atoms with Crippen molar-refractivity contribution in [3.05, 3.63) is 67.8 Å². The molecule has 0 unspecified atom stereocenters. The van der Waals surface area contributed by atoms with Crippen LogP contribution in [0.25, 0.3) is 0 Å². The number of rotatable bonds is 7. The maximum absolute atomic E-state index is 12.8. The molecule has 12 heteroatoms. The lowest BCUT2D eigenvalue weighted by Gasteiger charge is -2.29. The van der Waals surface area contributed by atoms with Gasteiger partial charge in [0, 0.05) is 18.2 Å². The fraction of sp³-hybridized carbons (Fsp3) is 0.278. The van der Waals surface area contributed by atoms with E-state index in [1.165, 1.54) is 44.2 Å². The molecule has 2 aromatic rings. The van der Waals surface area contributed by atoms with Crippen molar-refractivity contribution in [2.75, 3.05) is 15.9 Å². The molecule has 0 aliphatic heterocycles. The summed E-state index contributed by atoms with van der Waals surface area (Å²) >= 11 is 0. The number of nitrogens with zero attached hydrogens (tertiary/aromatic N) is 3. The Labute approximate surface area is 172 Å². The number of aryl methyl sites for hydroxylation is 1. The third-order valence-corrected chi connectivity index (χ3v) is 5.72. The van der Waals surface area contributed by atoms with E-state index in [1.54, 1.807) is 6.92 Å². The van der Waals surface area contributed by atoms with E-state index in [2.05, 4.69) is 5.32 Å². The Hall–Kier alpha value is -3.54. The zero-order chi connectivity index (χ0) is 22.8. The Morgan fingerprint density at radius 3 is 2.27 bits per heavy atom. The van der Waals surface area contributed by atoms with E-state index in [9.17, 15) is 33.4 Å². The van der Waals surface area contributed by atoms with Gasteiger partial charge >= 0.3 is 0 Å². The van der Waals surface area contributed by atoms with Gasteiger partial charge in [0.1, 0.15) is 6.04 Å². The Bertz CT molecular complexity index is 1130. The van der Waals surface area contributed by atoms with Crippen LogP contribution in [0.15, 0.2) is 36.4 Å². The fourth-order valence-corrected chi connectivity index (χ4v) is 4.15. The molecule has 0 saturated carbocycles. The summed E-state index contributed by atoms with van der Waals surface area (Å²) in [7, 11) is -4.01. The van der Waals surface area contributed by atoms with Crippen molar-refractivity contribution in [3.8, 4) is 0 Å². The molecule has 0 aromatic heterocycles. The van der Waals surface area contributed by atoms with Gasteiger partial charge in [0.25, 0.3) is 11.4 Å². The van der Waals surface area contributed by atoms with E-state index in [0.717, 1.165) is 16.6 Å². The smallest absolute Gasteiger partial charge is 0.274 e. The number of nitrogens with one attached hydrogen (secondary N) is 1. The maximum Gasteiger partial charge on any atom is 0.274 e. The third kappa shape index (κ3) is 4.71. The second-order valence-corrected chi connectivity index (χ2v) is 8.52. The monoisotopic (exact) mass is 436 g/mol. The fourth-order valence-electron chi connectivity index (χ4n) is 2.92. The predicted molar refractivity (Wildman–Crippen MR) is 111 cm³/mol. The molecule has 0 radical (unpaired) electrons. The van der Waals surface area contributed by atoms with Crippen molar-refractivity contribution in [2.24, 2.45) is 0 Å². The van der Waals surface area contributed by atoms with Crippen molar-refractivity contribution >= 4 is 38.7 Å². The molecule has 2 aromatic carbocycles. The summed E-state index contributed by atoms with van der Waals surface area (Å²) in [6.07, 6.45) is 0.883. The minimum atomic E-state index is -4.01. The number of benzene rings is 2. The van der Waals surface area contributed by atoms with Gasteiger partial charge in [-0.2, -0.15) is 0 Å². The van der Waals surface area contributed by atoms with E-state index < -0.39 is 31.8 Å². The number of carbonyl (C=O) groups is 1. The second kappa shape index (κ2) is 8.45. The molecule has 2 rings (SSSR count). The first-order valence-corrected chi connectivity index (χ1v) is 10.5. The number of sulfonamides is 1. The van der Waals surface area contributed by atoms with E-state index in [-0.39, 0.29) is 28.3 Å². The van der Waals surface area contributed by atoms with Crippen LogP contribution >= 0.6 is 0 Å². The molecule has 11 nitrogen and oxygen atoms in total. The average molecular weight is 436 g/mol. The van der Waals surface area contributed by atoms with Gasteiger partial charge in [0.15, 0.2) is 0 Å². The quantitative estimate of drug-likeness (QED) is 0.517. The SMILES string of the molecule is Cc1ccc([N+](=O)[O-])cc1N([C@@H](C)C(=O)Nc1cccc([N+](=O)[O-])c1C)S(C)(=O)=O. The zero-order valence-electron chi connectivity index (χ0n) is 16.6. The number of anilines is 2. The first-order chi connectivity index (χ1) is 13.8. The van der Waals surface area contributed by atoms with Crippen molar-refractivity contribution in [2.45, 2.75) is 26.8 Å². The molecule has 1 atom stereocenters. The number of non-ortho nitro benzene ring substituents is 1. The van der Waals surface area contributed by atoms with Crippen LogP contribution in [0.5, 0.6) is 0 Å². The van der Waals surface area contributed by atoms with E-state index in [4.69, 9.17) is 0 Å². The van der Waals surface area contributed by atoms with E-state index in [1.807, 2.05) is 0 Å². The van der Waals surface area contributed by atoms with Crippen LogP contribution in [0, 0.1) is 34.1 Å². The molecule has 1 N–H and O–H groups in total. The normalized spacial score (nSPS) is 12.1. The zero-order valence-corrected chi connectivity index (χ0v) is 17.5. The van der Waals surface area contributed by atoms with Crippen molar-refractivity contribution in [3.63, 3.8) is 0 Å². The number of amides is 1. The van der Waals surface area contributed by atoms with Gasteiger partial charge in [0.2, 0.25) is 15.9 Å². The summed E-state index contributed by atoms with van der Waals surface area (Å²) < 4.78 is 25.7. The van der Waals surface area contributed by atoms with Crippen molar-refractivity contribution in [1.82, 2.24) is 0 Å². The molecule has 0 fully saturated rings. The van der Waals surface area contributed by atoms with Gasteiger partial charge in [-0.15, -0.1) is 0 Å². The van der Waals surface area contributed by atoms with Crippen molar-refractivity contribution in [1.29, 1.82) is 0 Å². The minimum absolute atomic E-state index is 0.00915. The number of carbonyl (C=O) groups excluding carboxylic acids is 1. The molecule has 30 heavy (non-hydrogen) atoms. The Balaban J connectivity index is 2.47.